The maximum Gasteiger partial charge on any atom is 0.260 e. The Balaban J connectivity index is 1.70. The van der Waals surface area contributed by atoms with E-state index in [4.69, 9.17) is 4.74 Å². The van der Waals surface area contributed by atoms with Gasteiger partial charge in [-0.1, -0.05) is 45.0 Å². The topological polar surface area (TPSA) is 62.1 Å². The molecule has 1 aliphatic carbocycles. The molecule has 2 aromatic carbocycles. The highest BCUT2D eigenvalue weighted by Crippen LogP contribution is 2.44. The standard InChI is InChI=1S/C25H25BrN2O2S/c1-25(2,3)15-9-10-17-19(13-27)24(31-20(17)12-15)28-23(29)18-11-14-7-5-6-8-16(14)21(26)22(18)30-4/h5-8,11,15H,9-10,12H2,1-4H3,(H,28,29)/t15-/m0/s1. The van der Waals surface area contributed by atoms with E-state index in [1.54, 1.807) is 18.4 Å². The van der Waals surface area contributed by atoms with Crippen LogP contribution in [0.3, 0.4) is 0 Å². The Morgan fingerprint density at radius 3 is 2.74 bits per heavy atom. The molecule has 160 valence electrons. The molecule has 4 nitrogen and oxygen atoms in total. The minimum absolute atomic E-state index is 0.225. The summed E-state index contributed by atoms with van der Waals surface area (Å²) >= 11 is 5.14. The van der Waals surface area contributed by atoms with Crippen LogP contribution in [0.4, 0.5) is 5.00 Å². The van der Waals surface area contributed by atoms with E-state index in [2.05, 4.69) is 48.1 Å². The molecule has 1 N–H and O–H groups in total. The normalized spacial score (nSPS) is 15.9. The van der Waals surface area contributed by atoms with E-state index in [0.29, 0.717) is 27.8 Å². The Morgan fingerprint density at radius 2 is 2.06 bits per heavy atom. The van der Waals surface area contributed by atoms with E-state index >= 15 is 0 Å². The highest BCUT2D eigenvalue weighted by molar-refractivity contribution is 9.10. The van der Waals surface area contributed by atoms with Crippen LogP contribution in [-0.4, -0.2) is 13.0 Å². The summed E-state index contributed by atoms with van der Waals surface area (Å²) in [6.07, 6.45) is 2.91. The molecule has 0 fully saturated rings. The maximum atomic E-state index is 13.3. The summed E-state index contributed by atoms with van der Waals surface area (Å²) in [5.41, 5.74) is 2.38. The number of thiophene rings is 1. The zero-order valence-electron chi connectivity index (χ0n) is 18.1. The average molecular weight is 497 g/mol. The number of anilines is 1. The van der Waals surface area contributed by atoms with Gasteiger partial charge in [-0.3, -0.25) is 4.79 Å². The zero-order valence-corrected chi connectivity index (χ0v) is 20.5. The molecule has 4 rings (SSSR count). The van der Waals surface area contributed by atoms with Gasteiger partial charge >= 0.3 is 0 Å². The van der Waals surface area contributed by atoms with Gasteiger partial charge in [0.25, 0.3) is 5.91 Å². The summed E-state index contributed by atoms with van der Waals surface area (Å²) in [6.45, 7) is 6.82. The number of nitrogens with zero attached hydrogens (tertiary/aromatic N) is 1. The third-order valence-electron chi connectivity index (χ3n) is 6.22. The van der Waals surface area contributed by atoms with Crippen molar-refractivity contribution < 1.29 is 9.53 Å². The number of fused-ring (bicyclic) bond motifs is 2. The molecule has 6 heteroatoms. The smallest absolute Gasteiger partial charge is 0.260 e. The fraction of sp³-hybridized carbons (Fsp3) is 0.360. The van der Waals surface area contributed by atoms with Crippen molar-refractivity contribution in [3.63, 3.8) is 0 Å². The van der Waals surface area contributed by atoms with Crippen molar-refractivity contribution in [3.05, 3.63) is 56.4 Å². The summed E-state index contributed by atoms with van der Waals surface area (Å²) in [6, 6.07) is 12.0. The number of rotatable bonds is 3. The second-order valence-electron chi connectivity index (χ2n) is 9.07. The number of ether oxygens (including phenoxy) is 1. The van der Waals surface area contributed by atoms with Crippen LogP contribution in [0.15, 0.2) is 34.8 Å². The van der Waals surface area contributed by atoms with E-state index in [1.165, 1.54) is 4.88 Å². The van der Waals surface area contributed by atoms with Crippen LogP contribution in [0.2, 0.25) is 0 Å². The number of hydrogen-bond donors (Lipinski definition) is 1. The SMILES string of the molecule is COc1c(C(=O)Nc2sc3c(c2C#N)CC[C@H](C(C)(C)C)C3)cc2ccccc2c1Br. The van der Waals surface area contributed by atoms with Crippen LogP contribution in [0.1, 0.15) is 53.6 Å². The molecule has 0 aliphatic heterocycles. The fourth-order valence-corrected chi connectivity index (χ4v) is 6.36. The molecule has 0 saturated heterocycles. The second-order valence-corrected chi connectivity index (χ2v) is 11.0. The Kier molecular flexibility index (Phi) is 5.85. The van der Waals surface area contributed by atoms with E-state index < -0.39 is 0 Å². The van der Waals surface area contributed by atoms with Gasteiger partial charge in [0.2, 0.25) is 0 Å². The number of benzene rings is 2. The molecule has 1 heterocycles. The number of nitrogens with one attached hydrogen (secondary N) is 1. The molecular weight excluding hydrogens is 472 g/mol. The molecular formula is C25H25BrN2O2S. The Bertz CT molecular complexity index is 1220. The van der Waals surface area contributed by atoms with Crippen molar-refractivity contribution in [1.82, 2.24) is 0 Å². The van der Waals surface area contributed by atoms with E-state index in [-0.39, 0.29) is 11.3 Å². The molecule has 0 bridgehead atoms. The van der Waals surface area contributed by atoms with Crippen molar-refractivity contribution in [3.8, 4) is 11.8 Å². The van der Waals surface area contributed by atoms with Gasteiger partial charge in [-0.2, -0.15) is 5.26 Å². The van der Waals surface area contributed by atoms with Crippen molar-refractivity contribution in [1.29, 1.82) is 5.26 Å². The largest absolute Gasteiger partial charge is 0.495 e. The van der Waals surface area contributed by atoms with Crippen molar-refractivity contribution >= 4 is 48.9 Å². The van der Waals surface area contributed by atoms with Gasteiger partial charge in [0.15, 0.2) is 0 Å². The van der Waals surface area contributed by atoms with Gasteiger partial charge in [-0.15, -0.1) is 11.3 Å². The number of carbonyl (C=O) groups is 1. The summed E-state index contributed by atoms with van der Waals surface area (Å²) in [7, 11) is 1.56. The first-order valence-electron chi connectivity index (χ1n) is 10.4. The molecule has 0 spiro atoms. The third-order valence-corrected chi connectivity index (χ3v) is 8.18. The number of methoxy groups -OCH3 is 1. The molecule has 1 atom stereocenters. The number of halogens is 1. The fourth-order valence-electron chi connectivity index (χ4n) is 4.35. The number of carbonyl (C=O) groups excluding carboxylic acids is 1. The van der Waals surface area contributed by atoms with Gasteiger partial charge in [0.1, 0.15) is 16.8 Å². The van der Waals surface area contributed by atoms with Gasteiger partial charge in [0.05, 0.1) is 22.7 Å². The first kappa shape index (κ1) is 21.9. The molecule has 0 radical (unpaired) electrons. The summed E-state index contributed by atoms with van der Waals surface area (Å²) < 4.78 is 6.31. The summed E-state index contributed by atoms with van der Waals surface area (Å²) in [5, 5.41) is 15.4. The lowest BCUT2D eigenvalue weighted by atomic mass is 9.72. The molecule has 0 unspecified atom stereocenters. The van der Waals surface area contributed by atoms with Crippen LogP contribution in [0.5, 0.6) is 5.75 Å². The van der Waals surface area contributed by atoms with Crippen molar-refractivity contribution in [2.45, 2.75) is 40.0 Å². The van der Waals surface area contributed by atoms with Gasteiger partial charge in [0, 0.05) is 4.88 Å². The quantitative estimate of drug-likeness (QED) is 0.426. The second kappa shape index (κ2) is 8.29. The number of amides is 1. The minimum Gasteiger partial charge on any atom is -0.495 e. The van der Waals surface area contributed by atoms with Gasteiger partial charge in [-0.25, -0.2) is 0 Å². The van der Waals surface area contributed by atoms with Crippen LogP contribution < -0.4 is 10.1 Å². The van der Waals surface area contributed by atoms with E-state index in [9.17, 15) is 10.1 Å². The minimum atomic E-state index is -0.272. The molecule has 0 saturated carbocycles. The Labute approximate surface area is 195 Å². The highest BCUT2D eigenvalue weighted by Gasteiger charge is 2.32. The zero-order chi connectivity index (χ0) is 22.3. The predicted octanol–water partition coefficient (Wildman–Crippen LogP) is 6.95. The Hall–Kier alpha value is -2.36. The molecule has 1 aliphatic rings. The van der Waals surface area contributed by atoms with Crippen LogP contribution in [0.25, 0.3) is 10.8 Å². The van der Waals surface area contributed by atoms with Crippen molar-refractivity contribution in [2.24, 2.45) is 11.3 Å². The lowest BCUT2D eigenvalue weighted by Crippen LogP contribution is -2.26. The van der Waals surface area contributed by atoms with E-state index in [1.807, 2.05) is 30.3 Å². The monoisotopic (exact) mass is 496 g/mol. The highest BCUT2D eigenvalue weighted by atomic mass is 79.9. The molecule has 3 aromatic rings. The molecule has 1 aromatic heterocycles. The molecule has 31 heavy (non-hydrogen) atoms. The lowest BCUT2D eigenvalue weighted by Gasteiger charge is -2.33. The van der Waals surface area contributed by atoms with Crippen LogP contribution in [-0.2, 0) is 12.8 Å². The van der Waals surface area contributed by atoms with Crippen LogP contribution >= 0.6 is 27.3 Å². The maximum absolute atomic E-state index is 13.3. The van der Waals surface area contributed by atoms with Crippen LogP contribution in [0, 0.1) is 22.7 Å². The van der Waals surface area contributed by atoms with Crippen molar-refractivity contribution in [2.75, 3.05) is 12.4 Å². The molecule has 1 amide bonds. The number of nitriles is 1. The Morgan fingerprint density at radius 1 is 1.32 bits per heavy atom. The van der Waals surface area contributed by atoms with Gasteiger partial charge in [-0.05, 0) is 68.9 Å². The third kappa shape index (κ3) is 3.97. The van der Waals surface area contributed by atoms with E-state index in [0.717, 1.165) is 40.1 Å². The summed E-state index contributed by atoms with van der Waals surface area (Å²) in [5.74, 6) is 0.792. The number of hydrogen-bond acceptors (Lipinski definition) is 4. The predicted molar refractivity (Wildman–Crippen MR) is 130 cm³/mol. The first-order valence-corrected chi connectivity index (χ1v) is 12.0. The lowest BCUT2D eigenvalue weighted by molar-refractivity contribution is 0.102. The average Bonchev–Trinajstić information content (AvgIpc) is 3.09. The summed E-state index contributed by atoms with van der Waals surface area (Å²) in [4.78, 5) is 14.5. The first-order chi connectivity index (χ1) is 14.7. The van der Waals surface area contributed by atoms with Gasteiger partial charge < -0.3 is 10.1 Å².